The van der Waals surface area contributed by atoms with Crippen LogP contribution in [0.1, 0.15) is 40.0 Å². The molecule has 1 fully saturated rings. The Hall–Kier alpha value is 0.0969. The van der Waals surface area contributed by atoms with Crippen LogP contribution in [-0.4, -0.2) is 35.0 Å². The van der Waals surface area contributed by atoms with Crippen LogP contribution in [0.3, 0.4) is 0 Å². The molecule has 102 valence electrons. The van der Waals surface area contributed by atoms with E-state index in [-0.39, 0.29) is 0 Å². The van der Waals surface area contributed by atoms with Crippen molar-refractivity contribution in [1.29, 1.82) is 0 Å². The van der Waals surface area contributed by atoms with E-state index in [0.717, 1.165) is 32.5 Å². The smallest absolute Gasteiger partial charge is 0.334 e. The van der Waals surface area contributed by atoms with E-state index in [9.17, 15) is 0 Å². The lowest BCUT2D eigenvalue weighted by molar-refractivity contribution is -0.119. The molecule has 3 nitrogen and oxygen atoms in total. The standard InChI is InChI=1S/C13H28O3Si/c1-5-13(11-14-12-13)9-8-10-17(4,15-6-2)16-7-3/h5-12H2,1-4H3. The highest BCUT2D eigenvalue weighted by atomic mass is 28.4. The summed E-state index contributed by atoms with van der Waals surface area (Å²) < 4.78 is 17.1. The first-order valence-corrected chi connectivity index (χ1v) is 9.48. The lowest BCUT2D eigenvalue weighted by Crippen LogP contribution is -2.43. The van der Waals surface area contributed by atoms with E-state index in [0.29, 0.717) is 5.41 Å². The van der Waals surface area contributed by atoms with Crippen molar-refractivity contribution in [3.8, 4) is 0 Å². The SMILES string of the molecule is CCO[Si](C)(CCCC1(CC)COC1)OCC. The van der Waals surface area contributed by atoms with Crippen LogP contribution in [0, 0.1) is 5.41 Å². The molecule has 1 heterocycles. The Morgan fingerprint density at radius 1 is 1.12 bits per heavy atom. The van der Waals surface area contributed by atoms with Crippen LogP contribution < -0.4 is 0 Å². The van der Waals surface area contributed by atoms with Gasteiger partial charge in [0.25, 0.3) is 0 Å². The topological polar surface area (TPSA) is 27.7 Å². The summed E-state index contributed by atoms with van der Waals surface area (Å²) in [4.78, 5) is 0. The predicted molar refractivity (Wildman–Crippen MR) is 72.5 cm³/mol. The number of rotatable bonds is 9. The molecule has 0 aromatic heterocycles. The Morgan fingerprint density at radius 2 is 1.71 bits per heavy atom. The van der Waals surface area contributed by atoms with Gasteiger partial charge < -0.3 is 13.6 Å². The third-order valence-electron chi connectivity index (χ3n) is 3.80. The van der Waals surface area contributed by atoms with Crippen molar-refractivity contribution < 1.29 is 13.6 Å². The van der Waals surface area contributed by atoms with Gasteiger partial charge in [-0.15, -0.1) is 0 Å². The second-order valence-corrected chi connectivity index (χ2v) is 8.54. The first-order valence-electron chi connectivity index (χ1n) is 6.95. The molecule has 0 spiro atoms. The number of hydrogen-bond donors (Lipinski definition) is 0. The molecule has 0 saturated carbocycles. The van der Waals surface area contributed by atoms with Gasteiger partial charge in [0.15, 0.2) is 0 Å². The van der Waals surface area contributed by atoms with Gasteiger partial charge in [0.05, 0.1) is 13.2 Å². The summed E-state index contributed by atoms with van der Waals surface area (Å²) in [5, 5.41) is 0. The quantitative estimate of drug-likeness (QED) is 0.595. The van der Waals surface area contributed by atoms with Gasteiger partial charge in [0.1, 0.15) is 0 Å². The van der Waals surface area contributed by atoms with Crippen LogP contribution in [0.25, 0.3) is 0 Å². The zero-order valence-electron chi connectivity index (χ0n) is 11.9. The van der Waals surface area contributed by atoms with Gasteiger partial charge in [0.2, 0.25) is 0 Å². The molecule has 17 heavy (non-hydrogen) atoms. The summed E-state index contributed by atoms with van der Waals surface area (Å²) in [6.45, 7) is 12.0. The highest BCUT2D eigenvalue weighted by molar-refractivity contribution is 6.66. The molecular formula is C13H28O3Si. The molecule has 1 rings (SSSR count). The summed E-state index contributed by atoms with van der Waals surface area (Å²) >= 11 is 0. The van der Waals surface area contributed by atoms with Crippen molar-refractivity contribution in [1.82, 2.24) is 0 Å². The van der Waals surface area contributed by atoms with Crippen molar-refractivity contribution in [2.45, 2.75) is 52.6 Å². The molecule has 0 N–H and O–H groups in total. The van der Waals surface area contributed by atoms with E-state index in [1.54, 1.807) is 0 Å². The molecule has 0 aromatic carbocycles. The van der Waals surface area contributed by atoms with Gasteiger partial charge in [-0.3, -0.25) is 0 Å². The number of ether oxygens (including phenoxy) is 1. The Morgan fingerprint density at radius 3 is 2.06 bits per heavy atom. The molecule has 0 amide bonds. The van der Waals surface area contributed by atoms with E-state index in [1.165, 1.54) is 19.3 Å². The van der Waals surface area contributed by atoms with Crippen LogP contribution in [0.2, 0.25) is 12.6 Å². The highest BCUT2D eigenvalue weighted by Crippen LogP contribution is 2.37. The molecule has 4 heteroatoms. The minimum atomic E-state index is -1.89. The molecular weight excluding hydrogens is 232 g/mol. The fourth-order valence-electron chi connectivity index (χ4n) is 2.50. The van der Waals surface area contributed by atoms with Gasteiger partial charge in [-0.1, -0.05) is 13.3 Å². The molecule has 1 aliphatic heterocycles. The summed E-state index contributed by atoms with van der Waals surface area (Å²) in [6.07, 6.45) is 3.70. The second-order valence-electron chi connectivity index (χ2n) is 5.20. The maximum Gasteiger partial charge on any atom is 0.334 e. The van der Waals surface area contributed by atoms with Gasteiger partial charge in [-0.05, 0) is 39.3 Å². The lowest BCUT2D eigenvalue weighted by atomic mass is 9.79. The molecule has 1 saturated heterocycles. The molecule has 0 radical (unpaired) electrons. The Balaban J connectivity index is 2.31. The molecule has 1 aliphatic rings. The zero-order chi connectivity index (χ0) is 12.8. The fourth-order valence-corrected chi connectivity index (χ4v) is 4.91. The summed E-state index contributed by atoms with van der Waals surface area (Å²) in [6, 6.07) is 1.11. The highest BCUT2D eigenvalue weighted by Gasteiger charge is 2.38. The molecule has 0 bridgehead atoms. The van der Waals surface area contributed by atoms with Crippen molar-refractivity contribution >= 4 is 8.56 Å². The average molecular weight is 260 g/mol. The Kier molecular flexibility index (Phi) is 6.13. The van der Waals surface area contributed by atoms with Crippen molar-refractivity contribution in [3.63, 3.8) is 0 Å². The molecule has 0 unspecified atom stereocenters. The fraction of sp³-hybridized carbons (Fsp3) is 1.00. The predicted octanol–water partition coefficient (Wildman–Crippen LogP) is 3.34. The van der Waals surface area contributed by atoms with Crippen LogP contribution in [0.5, 0.6) is 0 Å². The van der Waals surface area contributed by atoms with Crippen LogP contribution in [0.15, 0.2) is 0 Å². The summed E-state index contributed by atoms with van der Waals surface area (Å²) in [5.74, 6) is 0. The molecule has 0 aromatic rings. The summed E-state index contributed by atoms with van der Waals surface area (Å²) in [5.41, 5.74) is 0.466. The minimum absolute atomic E-state index is 0.466. The Labute approximate surface area is 107 Å². The van der Waals surface area contributed by atoms with E-state index < -0.39 is 8.56 Å². The first kappa shape index (κ1) is 15.2. The lowest BCUT2D eigenvalue weighted by Gasteiger charge is -2.41. The van der Waals surface area contributed by atoms with Crippen LogP contribution in [0.4, 0.5) is 0 Å². The van der Waals surface area contributed by atoms with Crippen LogP contribution in [-0.2, 0) is 13.6 Å². The van der Waals surface area contributed by atoms with Crippen molar-refractivity contribution in [3.05, 3.63) is 0 Å². The third-order valence-corrected chi connectivity index (χ3v) is 6.86. The van der Waals surface area contributed by atoms with E-state index in [2.05, 4.69) is 27.3 Å². The van der Waals surface area contributed by atoms with Crippen molar-refractivity contribution in [2.75, 3.05) is 26.4 Å². The maximum absolute atomic E-state index is 5.86. The van der Waals surface area contributed by atoms with E-state index in [4.69, 9.17) is 13.6 Å². The third kappa shape index (κ3) is 4.36. The maximum atomic E-state index is 5.86. The summed E-state index contributed by atoms with van der Waals surface area (Å²) in [7, 11) is -1.89. The van der Waals surface area contributed by atoms with Gasteiger partial charge in [0, 0.05) is 18.6 Å². The average Bonchev–Trinajstić information content (AvgIpc) is 2.23. The minimum Gasteiger partial charge on any atom is -0.395 e. The van der Waals surface area contributed by atoms with E-state index >= 15 is 0 Å². The first-order chi connectivity index (χ1) is 8.10. The zero-order valence-corrected chi connectivity index (χ0v) is 12.9. The van der Waals surface area contributed by atoms with Gasteiger partial charge in [-0.2, -0.15) is 0 Å². The molecule has 0 atom stereocenters. The monoisotopic (exact) mass is 260 g/mol. The van der Waals surface area contributed by atoms with Crippen LogP contribution >= 0.6 is 0 Å². The normalized spacial score (nSPS) is 19.1. The van der Waals surface area contributed by atoms with E-state index in [1.807, 2.05) is 0 Å². The van der Waals surface area contributed by atoms with Gasteiger partial charge >= 0.3 is 8.56 Å². The second kappa shape index (κ2) is 6.88. The number of hydrogen-bond acceptors (Lipinski definition) is 3. The largest absolute Gasteiger partial charge is 0.395 e. The van der Waals surface area contributed by atoms with Gasteiger partial charge in [-0.25, -0.2) is 0 Å². The molecule has 0 aliphatic carbocycles. The van der Waals surface area contributed by atoms with Crippen molar-refractivity contribution in [2.24, 2.45) is 5.41 Å². The Bertz CT molecular complexity index is 205.